The van der Waals surface area contributed by atoms with E-state index in [1.54, 1.807) is 19.1 Å². The number of ether oxygens (including phenoxy) is 1. The zero-order chi connectivity index (χ0) is 16.1. The lowest BCUT2D eigenvalue weighted by molar-refractivity contribution is -0.384. The largest absolute Gasteiger partial charge is 0.466 e. The van der Waals surface area contributed by atoms with Gasteiger partial charge in [0.05, 0.1) is 18.0 Å². The molecule has 0 aliphatic carbocycles. The van der Waals surface area contributed by atoms with Crippen molar-refractivity contribution in [1.82, 2.24) is 4.57 Å². The van der Waals surface area contributed by atoms with Gasteiger partial charge in [0.15, 0.2) is 0 Å². The SMILES string of the molecule is CCOC(=O)CCc1ccc(-c2ccc([N+](=O)[O-])cc2)n1C. The molecule has 6 nitrogen and oxygen atoms in total. The van der Waals surface area contributed by atoms with Crippen LogP contribution in [0.4, 0.5) is 5.69 Å². The summed E-state index contributed by atoms with van der Waals surface area (Å²) < 4.78 is 6.90. The molecule has 1 aromatic heterocycles. The quantitative estimate of drug-likeness (QED) is 0.467. The maximum absolute atomic E-state index is 11.4. The number of nitro groups is 1. The molecule has 0 saturated carbocycles. The molecule has 0 N–H and O–H groups in total. The van der Waals surface area contributed by atoms with Crippen molar-refractivity contribution in [3.05, 3.63) is 52.2 Å². The minimum Gasteiger partial charge on any atom is -0.466 e. The van der Waals surface area contributed by atoms with E-state index in [4.69, 9.17) is 4.74 Å². The predicted octanol–water partition coefficient (Wildman–Crippen LogP) is 3.10. The number of aryl methyl sites for hydroxylation is 1. The second-order valence-corrected chi connectivity index (χ2v) is 4.88. The molecule has 0 aliphatic heterocycles. The molecule has 0 amide bonds. The third kappa shape index (κ3) is 3.52. The van der Waals surface area contributed by atoms with E-state index < -0.39 is 4.92 Å². The van der Waals surface area contributed by atoms with Crippen LogP contribution >= 0.6 is 0 Å². The van der Waals surface area contributed by atoms with Crippen LogP contribution in [-0.2, 0) is 23.0 Å². The van der Waals surface area contributed by atoms with Gasteiger partial charge in [0.1, 0.15) is 0 Å². The van der Waals surface area contributed by atoms with Crippen LogP contribution in [0.5, 0.6) is 0 Å². The second kappa shape index (κ2) is 6.89. The fraction of sp³-hybridized carbons (Fsp3) is 0.312. The average Bonchev–Trinajstić information content (AvgIpc) is 2.86. The van der Waals surface area contributed by atoms with E-state index in [0.717, 1.165) is 17.0 Å². The molecule has 0 spiro atoms. The number of esters is 1. The summed E-state index contributed by atoms with van der Waals surface area (Å²) in [5.74, 6) is -0.208. The highest BCUT2D eigenvalue weighted by Gasteiger charge is 2.11. The lowest BCUT2D eigenvalue weighted by atomic mass is 10.1. The average molecular weight is 302 g/mol. The molecule has 0 saturated heterocycles. The number of aromatic nitrogens is 1. The molecule has 6 heteroatoms. The monoisotopic (exact) mass is 302 g/mol. The van der Waals surface area contributed by atoms with Crippen LogP contribution in [0.25, 0.3) is 11.3 Å². The smallest absolute Gasteiger partial charge is 0.306 e. The molecule has 116 valence electrons. The normalized spacial score (nSPS) is 10.5. The zero-order valence-electron chi connectivity index (χ0n) is 12.6. The first-order valence-electron chi connectivity index (χ1n) is 7.08. The Morgan fingerprint density at radius 3 is 2.50 bits per heavy atom. The van der Waals surface area contributed by atoms with Gasteiger partial charge >= 0.3 is 5.97 Å². The number of carbonyl (C=O) groups excluding carboxylic acids is 1. The molecule has 0 fully saturated rings. The van der Waals surface area contributed by atoms with E-state index in [2.05, 4.69) is 0 Å². The van der Waals surface area contributed by atoms with Crippen molar-refractivity contribution >= 4 is 11.7 Å². The molecule has 0 unspecified atom stereocenters. The number of nitro benzene ring substituents is 1. The lowest BCUT2D eigenvalue weighted by Crippen LogP contribution is -2.07. The molecular formula is C16H18N2O4. The van der Waals surface area contributed by atoms with E-state index in [0.29, 0.717) is 19.4 Å². The minimum atomic E-state index is -0.417. The molecule has 0 aliphatic rings. The third-order valence-electron chi connectivity index (χ3n) is 3.49. The Hall–Kier alpha value is -2.63. The van der Waals surface area contributed by atoms with Crippen LogP contribution in [0.15, 0.2) is 36.4 Å². The highest BCUT2D eigenvalue weighted by Crippen LogP contribution is 2.24. The van der Waals surface area contributed by atoms with Gasteiger partial charge in [-0.05, 0) is 43.2 Å². The number of benzene rings is 1. The Labute approximate surface area is 128 Å². The van der Waals surface area contributed by atoms with Gasteiger partial charge in [-0.2, -0.15) is 0 Å². The van der Waals surface area contributed by atoms with Gasteiger partial charge in [-0.1, -0.05) is 0 Å². The van der Waals surface area contributed by atoms with Crippen molar-refractivity contribution in [2.24, 2.45) is 7.05 Å². The molecule has 2 rings (SSSR count). The van der Waals surface area contributed by atoms with E-state index in [9.17, 15) is 14.9 Å². The van der Waals surface area contributed by atoms with E-state index >= 15 is 0 Å². The summed E-state index contributed by atoms with van der Waals surface area (Å²) >= 11 is 0. The number of rotatable bonds is 6. The van der Waals surface area contributed by atoms with Crippen molar-refractivity contribution in [2.75, 3.05) is 6.61 Å². The van der Waals surface area contributed by atoms with Crippen molar-refractivity contribution in [2.45, 2.75) is 19.8 Å². The Balaban J connectivity index is 2.13. The van der Waals surface area contributed by atoms with Gasteiger partial charge in [-0.3, -0.25) is 14.9 Å². The Bertz CT molecular complexity index is 674. The van der Waals surface area contributed by atoms with Gasteiger partial charge in [0.2, 0.25) is 0 Å². The first kappa shape index (κ1) is 15.8. The summed E-state index contributed by atoms with van der Waals surface area (Å²) in [7, 11) is 1.91. The second-order valence-electron chi connectivity index (χ2n) is 4.88. The lowest BCUT2D eigenvalue weighted by Gasteiger charge is -2.08. The van der Waals surface area contributed by atoms with Crippen molar-refractivity contribution < 1.29 is 14.5 Å². The Kier molecular flexibility index (Phi) is 4.93. The summed E-state index contributed by atoms with van der Waals surface area (Å²) in [6.07, 6.45) is 0.938. The summed E-state index contributed by atoms with van der Waals surface area (Å²) in [6.45, 7) is 2.17. The van der Waals surface area contributed by atoms with Crippen LogP contribution < -0.4 is 0 Å². The molecule has 0 radical (unpaired) electrons. The van der Waals surface area contributed by atoms with E-state index in [1.165, 1.54) is 12.1 Å². The molecule has 1 aromatic carbocycles. The summed E-state index contributed by atoms with van der Waals surface area (Å²) in [5.41, 5.74) is 2.94. The zero-order valence-corrected chi connectivity index (χ0v) is 12.6. The highest BCUT2D eigenvalue weighted by atomic mass is 16.6. The number of non-ortho nitro benzene ring substituents is 1. The van der Waals surface area contributed by atoms with Gasteiger partial charge in [-0.25, -0.2) is 0 Å². The Morgan fingerprint density at radius 2 is 1.91 bits per heavy atom. The van der Waals surface area contributed by atoms with E-state index in [1.807, 2.05) is 23.7 Å². The number of hydrogen-bond donors (Lipinski definition) is 0. The van der Waals surface area contributed by atoms with Gasteiger partial charge in [0.25, 0.3) is 5.69 Å². The van der Waals surface area contributed by atoms with Gasteiger partial charge in [0, 0.05) is 30.6 Å². The summed E-state index contributed by atoms with van der Waals surface area (Å²) in [6, 6.07) is 10.3. The molecular weight excluding hydrogens is 284 g/mol. The number of nitrogens with zero attached hydrogens (tertiary/aromatic N) is 2. The highest BCUT2D eigenvalue weighted by molar-refractivity contribution is 5.70. The molecule has 0 bridgehead atoms. The van der Waals surface area contributed by atoms with E-state index in [-0.39, 0.29) is 11.7 Å². The molecule has 22 heavy (non-hydrogen) atoms. The molecule has 0 atom stereocenters. The standard InChI is InChI=1S/C16H18N2O4/c1-3-22-16(19)11-9-13-8-10-15(17(13)2)12-4-6-14(7-5-12)18(20)21/h4-8,10H,3,9,11H2,1-2H3. The van der Waals surface area contributed by atoms with Crippen molar-refractivity contribution in [3.63, 3.8) is 0 Å². The fourth-order valence-corrected chi connectivity index (χ4v) is 2.31. The Morgan fingerprint density at radius 1 is 1.23 bits per heavy atom. The van der Waals surface area contributed by atoms with Crippen LogP contribution in [0.3, 0.4) is 0 Å². The number of carbonyl (C=O) groups is 1. The van der Waals surface area contributed by atoms with Gasteiger partial charge in [-0.15, -0.1) is 0 Å². The first-order chi connectivity index (χ1) is 10.5. The minimum absolute atomic E-state index is 0.0699. The maximum Gasteiger partial charge on any atom is 0.306 e. The summed E-state index contributed by atoms with van der Waals surface area (Å²) in [5, 5.41) is 10.7. The van der Waals surface area contributed by atoms with Crippen LogP contribution in [0, 0.1) is 10.1 Å². The van der Waals surface area contributed by atoms with Crippen molar-refractivity contribution in [1.29, 1.82) is 0 Å². The van der Waals surface area contributed by atoms with Crippen LogP contribution in [-0.4, -0.2) is 22.1 Å². The number of hydrogen-bond acceptors (Lipinski definition) is 4. The maximum atomic E-state index is 11.4. The van der Waals surface area contributed by atoms with Crippen LogP contribution in [0.2, 0.25) is 0 Å². The summed E-state index contributed by atoms with van der Waals surface area (Å²) in [4.78, 5) is 21.7. The predicted molar refractivity (Wildman–Crippen MR) is 82.5 cm³/mol. The third-order valence-corrected chi connectivity index (χ3v) is 3.49. The molecule has 2 aromatic rings. The van der Waals surface area contributed by atoms with Crippen molar-refractivity contribution in [3.8, 4) is 11.3 Å². The fourth-order valence-electron chi connectivity index (χ4n) is 2.31. The molecule has 1 heterocycles. The first-order valence-corrected chi connectivity index (χ1v) is 7.08. The topological polar surface area (TPSA) is 74.4 Å². The van der Waals surface area contributed by atoms with Crippen LogP contribution in [0.1, 0.15) is 19.0 Å². The van der Waals surface area contributed by atoms with Gasteiger partial charge < -0.3 is 9.30 Å².